The lowest BCUT2D eigenvalue weighted by Gasteiger charge is -2.30. The van der Waals surface area contributed by atoms with Gasteiger partial charge in [0.1, 0.15) is 10.8 Å². The maximum atomic E-state index is 11.2. The molecule has 0 amide bonds. The molecular weight excluding hydrogens is 458 g/mol. The fourth-order valence-electron chi connectivity index (χ4n) is 4.18. The number of hydrogen-bond donors (Lipinski definition) is 1. The minimum Gasteiger partial charge on any atom is -0.341 e. The highest BCUT2D eigenvalue weighted by atomic mass is 35.5. The van der Waals surface area contributed by atoms with Crippen molar-refractivity contribution >= 4 is 28.6 Å². The number of aromatic nitrogens is 3. The number of rotatable bonds is 6. The van der Waals surface area contributed by atoms with Crippen LogP contribution in [0, 0.1) is 10.1 Å². The van der Waals surface area contributed by atoms with E-state index in [1.54, 1.807) is 23.5 Å². The maximum absolute atomic E-state index is 11.2. The first-order chi connectivity index (χ1) is 16.1. The second-order valence-electron chi connectivity index (χ2n) is 8.17. The molecule has 9 heteroatoms. The molecule has 7 nitrogen and oxygen atoms in total. The number of likely N-dealkylation sites (tertiary alicyclic amines) is 1. The van der Waals surface area contributed by atoms with Gasteiger partial charge in [-0.2, -0.15) is 0 Å². The molecule has 33 heavy (non-hydrogen) atoms. The van der Waals surface area contributed by atoms with E-state index in [0.29, 0.717) is 5.92 Å². The number of nitrogens with zero attached hydrogens (tertiary/aromatic N) is 4. The summed E-state index contributed by atoms with van der Waals surface area (Å²) < 4.78 is 0. The molecule has 0 radical (unpaired) electrons. The quantitative estimate of drug-likeness (QED) is 0.265. The molecule has 0 unspecified atom stereocenters. The fraction of sp³-hybridized carbons (Fsp3) is 0.250. The van der Waals surface area contributed by atoms with E-state index in [1.165, 1.54) is 6.07 Å². The predicted octanol–water partition coefficient (Wildman–Crippen LogP) is 6.14. The van der Waals surface area contributed by atoms with Crippen LogP contribution in [0.1, 0.15) is 29.5 Å². The van der Waals surface area contributed by atoms with Gasteiger partial charge in [0.25, 0.3) is 5.69 Å². The summed E-state index contributed by atoms with van der Waals surface area (Å²) in [6.45, 7) is 2.83. The molecule has 5 rings (SSSR count). The van der Waals surface area contributed by atoms with Crippen molar-refractivity contribution in [3.8, 4) is 22.6 Å². The zero-order chi connectivity index (χ0) is 22.8. The van der Waals surface area contributed by atoms with Gasteiger partial charge in [0.15, 0.2) is 0 Å². The lowest BCUT2D eigenvalue weighted by Crippen LogP contribution is -2.32. The van der Waals surface area contributed by atoms with E-state index in [-0.39, 0.29) is 10.7 Å². The summed E-state index contributed by atoms with van der Waals surface area (Å²) in [7, 11) is 0. The van der Waals surface area contributed by atoms with E-state index < -0.39 is 4.92 Å². The number of benzene rings is 2. The van der Waals surface area contributed by atoms with Crippen molar-refractivity contribution in [3.63, 3.8) is 0 Å². The number of nitro benzene ring substituents is 1. The van der Waals surface area contributed by atoms with Crippen molar-refractivity contribution < 1.29 is 4.92 Å². The van der Waals surface area contributed by atoms with Gasteiger partial charge in [-0.3, -0.25) is 15.0 Å². The van der Waals surface area contributed by atoms with E-state index in [4.69, 9.17) is 16.6 Å². The number of nitro groups is 1. The lowest BCUT2D eigenvalue weighted by atomic mass is 9.97. The zero-order valence-corrected chi connectivity index (χ0v) is 19.4. The summed E-state index contributed by atoms with van der Waals surface area (Å²) in [6.07, 6.45) is 3.99. The molecule has 2 aromatic heterocycles. The number of hydrogen-bond acceptors (Lipinski definition) is 6. The largest absolute Gasteiger partial charge is 0.341 e. The average Bonchev–Trinajstić information content (AvgIpc) is 3.51. The minimum absolute atomic E-state index is 0.0914. The molecular formula is C24H22ClN5O2S. The van der Waals surface area contributed by atoms with Crippen LogP contribution in [0.25, 0.3) is 22.6 Å². The van der Waals surface area contributed by atoms with Gasteiger partial charge in [-0.15, -0.1) is 11.3 Å². The number of nitrogens with one attached hydrogen (secondary N) is 1. The highest BCUT2D eigenvalue weighted by molar-refractivity contribution is 7.10. The molecule has 2 aromatic carbocycles. The van der Waals surface area contributed by atoms with Crippen LogP contribution in [0.4, 0.5) is 5.69 Å². The third kappa shape index (κ3) is 4.83. The summed E-state index contributed by atoms with van der Waals surface area (Å²) in [5, 5.41) is 14.4. The number of H-pyrrole nitrogens is 1. The molecule has 168 valence electrons. The molecule has 1 aliphatic heterocycles. The Morgan fingerprint density at radius 2 is 1.94 bits per heavy atom. The van der Waals surface area contributed by atoms with Crippen molar-refractivity contribution in [3.05, 3.63) is 85.9 Å². The standard InChI is InChI=1S/C24H22ClN5O2S/c25-20-7-6-18(12-22(20)30(31)32)21-15-33-24(28-21)17-8-10-29(11-9-17)14-19-13-26-23(27-19)16-4-2-1-3-5-16/h1-7,12-13,15,17H,8-11,14H2,(H,26,27). The van der Waals surface area contributed by atoms with E-state index in [1.807, 2.05) is 29.8 Å². The normalized spacial score (nSPS) is 15.1. The number of imidazole rings is 1. The van der Waals surface area contributed by atoms with Crippen molar-refractivity contribution in [2.24, 2.45) is 0 Å². The molecule has 1 fully saturated rings. The van der Waals surface area contributed by atoms with Gasteiger partial charge in [0, 0.05) is 46.9 Å². The second kappa shape index (κ2) is 9.43. The monoisotopic (exact) mass is 479 g/mol. The minimum atomic E-state index is -0.461. The first-order valence-corrected chi connectivity index (χ1v) is 12.0. The SMILES string of the molecule is O=[N+]([O-])c1cc(-c2csc(C3CCN(Cc4cnc(-c5ccccc5)[nH]4)CC3)n2)ccc1Cl. The smallest absolute Gasteiger partial charge is 0.288 e. The van der Waals surface area contributed by atoms with Gasteiger partial charge in [-0.05, 0) is 32.0 Å². The summed E-state index contributed by atoms with van der Waals surface area (Å²) in [6, 6.07) is 15.0. The van der Waals surface area contributed by atoms with E-state index in [0.717, 1.165) is 65.8 Å². The Kier molecular flexibility index (Phi) is 6.22. The van der Waals surface area contributed by atoms with Crippen molar-refractivity contribution in [2.45, 2.75) is 25.3 Å². The van der Waals surface area contributed by atoms with Crippen LogP contribution in [-0.4, -0.2) is 37.9 Å². The van der Waals surface area contributed by atoms with Gasteiger partial charge in [-0.1, -0.05) is 48.0 Å². The van der Waals surface area contributed by atoms with Crippen LogP contribution < -0.4 is 0 Å². The van der Waals surface area contributed by atoms with Gasteiger partial charge in [0.2, 0.25) is 0 Å². The molecule has 0 aliphatic carbocycles. The van der Waals surface area contributed by atoms with Crippen LogP contribution >= 0.6 is 22.9 Å². The maximum Gasteiger partial charge on any atom is 0.288 e. The number of piperidine rings is 1. The van der Waals surface area contributed by atoms with Gasteiger partial charge >= 0.3 is 0 Å². The van der Waals surface area contributed by atoms with E-state index in [9.17, 15) is 10.1 Å². The number of halogens is 1. The molecule has 0 spiro atoms. The third-order valence-electron chi connectivity index (χ3n) is 5.97. The van der Waals surface area contributed by atoms with Crippen LogP contribution in [0.2, 0.25) is 5.02 Å². The third-order valence-corrected chi connectivity index (χ3v) is 7.29. The van der Waals surface area contributed by atoms with Crippen molar-refractivity contribution in [1.82, 2.24) is 19.9 Å². The molecule has 1 aliphatic rings. The highest BCUT2D eigenvalue weighted by Gasteiger charge is 2.24. The second-order valence-corrected chi connectivity index (χ2v) is 9.46. The summed E-state index contributed by atoms with van der Waals surface area (Å²) in [5.41, 5.74) is 3.61. The van der Waals surface area contributed by atoms with Crippen LogP contribution in [0.15, 0.2) is 60.1 Å². The fourth-order valence-corrected chi connectivity index (χ4v) is 5.37. The van der Waals surface area contributed by atoms with Crippen molar-refractivity contribution in [1.29, 1.82) is 0 Å². The molecule has 0 bridgehead atoms. The first kappa shape index (κ1) is 21.8. The molecule has 1 N–H and O–H groups in total. The number of thiazole rings is 1. The zero-order valence-electron chi connectivity index (χ0n) is 17.8. The summed E-state index contributed by atoms with van der Waals surface area (Å²) in [4.78, 5) is 25.9. The van der Waals surface area contributed by atoms with Gasteiger partial charge in [-0.25, -0.2) is 9.97 Å². The van der Waals surface area contributed by atoms with Gasteiger partial charge < -0.3 is 4.98 Å². The Morgan fingerprint density at radius 1 is 1.15 bits per heavy atom. The van der Waals surface area contributed by atoms with Crippen LogP contribution in [0.3, 0.4) is 0 Å². The Bertz CT molecular complexity index is 1260. The Labute approximate surface area is 200 Å². The molecule has 0 saturated carbocycles. The summed E-state index contributed by atoms with van der Waals surface area (Å²) >= 11 is 7.57. The predicted molar refractivity (Wildman–Crippen MR) is 130 cm³/mol. The molecule has 4 aromatic rings. The van der Waals surface area contributed by atoms with Crippen LogP contribution in [-0.2, 0) is 6.54 Å². The lowest BCUT2D eigenvalue weighted by molar-refractivity contribution is -0.384. The van der Waals surface area contributed by atoms with E-state index in [2.05, 4.69) is 27.0 Å². The Hall–Kier alpha value is -3.07. The highest BCUT2D eigenvalue weighted by Crippen LogP contribution is 2.35. The molecule has 1 saturated heterocycles. The van der Waals surface area contributed by atoms with E-state index >= 15 is 0 Å². The molecule has 0 atom stereocenters. The van der Waals surface area contributed by atoms with Crippen LogP contribution in [0.5, 0.6) is 0 Å². The Morgan fingerprint density at radius 3 is 2.70 bits per heavy atom. The average molecular weight is 480 g/mol. The first-order valence-electron chi connectivity index (χ1n) is 10.8. The molecule has 3 heterocycles. The summed E-state index contributed by atoms with van der Waals surface area (Å²) in [5.74, 6) is 1.31. The Balaban J connectivity index is 1.20. The van der Waals surface area contributed by atoms with Crippen molar-refractivity contribution in [2.75, 3.05) is 13.1 Å². The number of aromatic amines is 1. The van der Waals surface area contributed by atoms with Gasteiger partial charge in [0.05, 0.1) is 15.6 Å². The topological polar surface area (TPSA) is 88.0 Å².